The van der Waals surface area contributed by atoms with Gasteiger partial charge in [-0.15, -0.1) is 11.3 Å². The third kappa shape index (κ3) is 4.02. The van der Waals surface area contributed by atoms with Crippen LogP contribution < -0.4 is 10.5 Å². The van der Waals surface area contributed by atoms with Gasteiger partial charge in [0.25, 0.3) is 0 Å². The number of nitrogens with zero attached hydrogens (tertiary/aromatic N) is 1. The van der Waals surface area contributed by atoms with Crippen LogP contribution in [0.5, 0.6) is 0 Å². The van der Waals surface area contributed by atoms with Crippen LogP contribution in [0.4, 0.5) is 5.69 Å². The van der Waals surface area contributed by atoms with Crippen molar-refractivity contribution in [3.05, 3.63) is 40.3 Å². The Bertz CT molecular complexity index is 648. The molecule has 0 aliphatic carbocycles. The number of hydrogen-bond donors (Lipinski definition) is 2. The highest BCUT2D eigenvalue weighted by Crippen LogP contribution is 2.13. The number of aromatic nitrogens is 1. The predicted molar refractivity (Wildman–Crippen MR) is 76.9 cm³/mol. The Hall–Kier alpha value is -1.44. The van der Waals surface area contributed by atoms with E-state index in [4.69, 9.17) is 5.14 Å². The minimum atomic E-state index is -3.62. The summed E-state index contributed by atoms with van der Waals surface area (Å²) in [5, 5.41) is 11.4. The molecule has 7 heteroatoms. The van der Waals surface area contributed by atoms with Crippen molar-refractivity contribution in [1.82, 2.24) is 4.98 Å². The molecule has 0 amide bonds. The Morgan fingerprint density at radius 2 is 2.00 bits per heavy atom. The van der Waals surface area contributed by atoms with Crippen LogP contribution in [-0.2, 0) is 16.4 Å². The molecule has 0 spiro atoms. The van der Waals surface area contributed by atoms with Gasteiger partial charge in [0.2, 0.25) is 10.0 Å². The topological polar surface area (TPSA) is 85.1 Å². The van der Waals surface area contributed by atoms with Gasteiger partial charge < -0.3 is 5.32 Å². The van der Waals surface area contributed by atoms with Crippen molar-refractivity contribution in [1.29, 1.82) is 0 Å². The molecule has 0 fully saturated rings. The zero-order valence-electron chi connectivity index (χ0n) is 10.5. The molecule has 0 saturated carbocycles. The maximum atomic E-state index is 11.1. The van der Waals surface area contributed by atoms with Gasteiger partial charge in [0.15, 0.2) is 0 Å². The number of rotatable bonds is 5. The second kappa shape index (κ2) is 5.68. The van der Waals surface area contributed by atoms with E-state index in [2.05, 4.69) is 10.3 Å². The van der Waals surface area contributed by atoms with Gasteiger partial charge in [0.05, 0.1) is 9.90 Å². The molecule has 1 aromatic carbocycles. The number of primary sulfonamides is 1. The largest absolute Gasteiger partial charge is 0.385 e. The van der Waals surface area contributed by atoms with E-state index in [0.717, 1.165) is 29.4 Å². The van der Waals surface area contributed by atoms with Crippen molar-refractivity contribution >= 4 is 27.0 Å². The van der Waals surface area contributed by atoms with Gasteiger partial charge in [-0.1, -0.05) is 0 Å². The van der Waals surface area contributed by atoms with E-state index in [9.17, 15) is 8.42 Å². The standard InChI is InChI=1S/C12H15N3O2S2/c1-9-8-18-12(15-9)6-7-14-10-2-4-11(5-3-10)19(13,16)17/h2-5,8,14H,6-7H2,1H3,(H2,13,16,17). The van der Waals surface area contributed by atoms with Crippen LogP contribution >= 0.6 is 11.3 Å². The summed E-state index contributed by atoms with van der Waals surface area (Å²) >= 11 is 1.64. The molecule has 0 aliphatic heterocycles. The minimum absolute atomic E-state index is 0.119. The summed E-state index contributed by atoms with van der Waals surface area (Å²) in [4.78, 5) is 4.49. The summed E-state index contributed by atoms with van der Waals surface area (Å²) in [6.07, 6.45) is 0.843. The molecular formula is C12H15N3O2S2. The maximum Gasteiger partial charge on any atom is 0.238 e. The Morgan fingerprint density at radius 1 is 1.32 bits per heavy atom. The van der Waals surface area contributed by atoms with Crippen LogP contribution in [0.2, 0.25) is 0 Å². The van der Waals surface area contributed by atoms with Gasteiger partial charge in [0, 0.05) is 29.7 Å². The summed E-state index contributed by atoms with van der Waals surface area (Å²) < 4.78 is 22.2. The van der Waals surface area contributed by atoms with E-state index in [1.54, 1.807) is 23.5 Å². The normalized spacial score (nSPS) is 11.5. The number of anilines is 1. The second-order valence-corrected chi connectivity index (χ2v) is 6.63. The fourth-order valence-electron chi connectivity index (χ4n) is 1.59. The average molecular weight is 297 g/mol. The molecule has 1 aromatic heterocycles. The second-order valence-electron chi connectivity index (χ2n) is 4.13. The van der Waals surface area contributed by atoms with Crippen LogP contribution in [0, 0.1) is 6.92 Å². The first-order valence-corrected chi connectivity index (χ1v) is 8.15. The van der Waals surface area contributed by atoms with E-state index in [0.29, 0.717) is 0 Å². The monoisotopic (exact) mass is 297 g/mol. The number of nitrogens with one attached hydrogen (secondary N) is 1. The van der Waals surface area contributed by atoms with Gasteiger partial charge in [0.1, 0.15) is 0 Å². The van der Waals surface area contributed by atoms with Crippen molar-refractivity contribution < 1.29 is 8.42 Å². The highest BCUT2D eigenvalue weighted by atomic mass is 32.2. The molecule has 0 radical (unpaired) electrons. The molecular weight excluding hydrogens is 282 g/mol. The van der Waals surface area contributed by atoms with Crippen molar-refractivity contribution in [2.24, 2.45) is 5.14 Å². The number of aryl methyl sites for hydroxylation is 1. The fraction of sp³-hybridized carbons (Fsp3) is 0.250. The zero-order valence-corrected chi connectivity index (χ0v) is 12.1. The van der Waals surface area contributed by atoms with Crippen LogP contribution in [0.25, 0.3) is 0 Å². The molecule has 2 rings (SSSR count). The maximum absolute atomic E-state index is 11.1. The molecule has 0 bridgehead atoms. The van der Waals surface area contributed by atoms with Crippen LogP contribution in [0.15, 0.2) is 34.5 Å². The fourth-order valence-corrected chi connectivity index (χ4v) is 2.89. The van der Waals surface area contributed by atoms with E-state index < -0.39 is 10.0 Å². The molecule has 0 aliphatic rings. The zero-order chi connectivity index (χ0) is 13.9. The van der Waals surface area contributed by atoms with E-state index in [-0.39, 0.29) is 4.90 Å². The molecule has 2 aromatic rings. The first kappa shape index (κ1) is 14.0. The summed E-state index contributed by atoms with van der Waals surface area (Å²) in [7, 11) is -3.62. The first-order valence-electron chi connectivity index (χ1n) is 5.73. The van der Waals surface area contributed by atoms with Crippen LogP contribution in [0.3, 0.4) is 0 Å². The molecule has 102 valence electrons. The number of benzene rings is 1. The van der Waals surface area contributed by atoms with E-state index >= 15 is 0 Å². The Kier molecular flexibility index (Phi) is 4.18. The van der Waals surface area contributed by atoms with Gasteiger partial charge >= 0.3 is 0 Å². The lowest BCUT2D eigenvalue weighted by Crippen LogP contribution is -2.12. The quantitative estimate of drug-likeness (QED) is 0.880. The Morgan fingerprint density at radius 3 is 2.53 bits per heavy atom. The van der Waals surface area contributed by atoms with Crippen molar-refractivity contribution in [3.63, 3.8) is 0 Å². The first-order chi connectivity index (χ1) is 8.95. The minimum Gasteiger partial charge on any atom is -0.385 e. The number of thiazole rings is 1. The van der Waals surface area contributed by atoms with E-state index in [1.165, 1.54) is 12.1 Å². The van der Waals surface area contributed by atoms with Crippen LogP contribution in [-0.4, -0.2) is 19.9 Å². The smallest absolute Gasteiger partial charge is 0.238 e. The average Bonchev–Trinajstić information content (AvgIpc) is 2.75. The molecule has 0 atom stereocenters. The third-order valence-electron chi connectivity index (χ3n) is 2.52. The molecule has 0 saturated heterocycles. The highest BCUT2D eigenvalue weighted by Gasteiger charge is 2.06. The molecule has 5 nitrogen and oxygen atoms in total. The summed E-state index contributed by atoms with van der Waals surface area (Å²) in [6.45, 7) is 2.72. The highest BCUT2D eigenvalue weighted by molar-refractivity contribution is 7.89. The van der Waals surface area contributed by atoms with Gasteiger partial charge in [-0.3, -0.25) is 0 Å². The molecule has 19 heavy (non-hydrogen) atoms. The van der Waals surface area contributed by atoms with E-state index in [1.807, 2.05) is 12.3 Å². The van der Waals surface area contributed by atoms with Crippen molar-refractivity contribution in [2.75, 3.05) is 11.9 Å². The van der Waals surface area contributed by atoms with Gasteiger partial charge in [-0.25, -0.2) is 18.5 Å². The van der Waals surface area contributed by atoms with Gasteiger partial charge in [-0.05, 0) is 31.2 Å². The third-order valence-corrected chi connectivity index (χ3v) is 4.47. The SMILES string of the molecule is Cc1csc(CCNc2ccc(S(N)(=O)=O)cc2)n1. The number of nitrogens with two attached hydrogens (primary N) is 1. The number of sulfonamides is 1. The summed E-state index contributed by atoms with van der Waals surface area (Å²) in [5.41, 5.74) is 1.90. The lowest BCUT2D eigenvalue weighted by atomic mass is 10.3. The lowest BCUT2D eigenvalue weighted by molar-refractivity contribution is 0.598. The van der Waals surface area contributed by atoms with Crippen LogP contribution in [0.1, 0.15) is 10.7 Å². The molecule has 3 N–H and O–H groups in total. The van der Waals surface area contributed by atoms with Crippen molar-refractivity contribution in [3.8, 4) is 0 Å². The summed E-state index contributed by atoms with van der Waals surface area (Å²) in [6, 6.07) is 6.39. The Labute approximate surface area is 116 Å². The number of hydrogen-bond acceptors (Lipinski definition) is 5. The predicted octanol–water partition coefficient (Wildman–Crippen LogP) is 1.75. The van der Waals surface area contributed by atoms with Gasteiger partial charge in [-0.2, -0.15) is 0 Å². The molecule has 0 unspecified atom stereocenters. The molecule has 1 heterocycles. The Balaban J connectivity index is 1.90. The lowest BCUT2D eigenvalue weighted by Gasteiger charge is -2.05. The van der Waals surface area contributed by atoms with Crippen molar-refractivity contribution in [2.45, 2.75) is 18.2 Å². The summed E-state index contributed by atoms with van der Waals surface area (Å²) in [5.74, 6) is 0.